The number of aliphatic hydroxyl groups is 1. The van der Waals surface area contributed by atoms with Crippen molar-refractivity contribution in [3.63, 3.8) is 0 Å². The second-order valence-electron chi connectivity index (χ2n) is 3.10. The third-order valence-corrected chi connectivity index (χ3v) is 2.06. The van der Waals surface area contributed by atoms with Crippen molar-refractivity contribution < 1.29 is 9.84 Å². The number of methoxy groups -OCH3 is 1. The van der Waals surface area contributed by atoms with Crippen LogP contribution in [0.5, 0.6) is 0 Å². The Bertz CT molecular complexity index is 241. The monoisotopic (exact) mass is 180 g/mol. The van der Waals surface area contributed by atoms with E-state index in [2.05, 4.69) is 0 Å². The lowest BCUT2D eigenvalue weighted by Gasteiger charge is -2.08. The van der Waals surface area contributed by atoms with E-state index in [0.717, 1.165) is 17.5 Å². The molecule has 1 aromatic rings. The molecule has 1 atom stereocenters. The molecule has 0 aliphatic heterocycles. The molecule has 0 radical (unpaired) electrons. The first-order valence-corrected chi connectivity index (χ1v) is 4.53. The van der Waals surface area contributed by atoms with E-state index in [0.29, 0.717) is 6.61 Å². The predicted octanol–water partition coefficient (Wildman–Crippen LogP) is 2.28. The van der Waals surface area contributed by atoms with Crippen LogP contribution in [-0.4, -0.2) is 12.2 Å². The fraction of sp³-hybridized carbons (Fsp3) is 0.455. The summed E-state index contributed by atoms with van der Waals surface area (Å²) in [5.41, 5.74) is 2.11. The van der Waals surface area contributed by atoms with Gasteiger partial charge in [-0.25, -0.2) is 0 Å². The average Bonchev–Trinajstić information content (AvgIpc) is 2.18. The summed E-state index contributed by atoms with van der Waals surface area (Å²) in [6.07, 6.45) is 0.417. The summed E-state index contributed by atoms with van der Waals surface area (Å²) < 4.78 is 4.99. The van der Waals surface area contributed by atoms with E-state index in [1.54, 1.807) is 7.11 Å². The van der Waals surface area contributed by atoms with Crippen LogP contribution < -0.4 is 0 Å². The van der Waals surface area contributed by atoms with Crippen molar-refractivity contribution >= 4 is 0 Å². The zero-order valence-corrected chi connectivity index (χ0v) is 8.16. The van der Waals surface area contributed by atoms with Gasteiger partial charge in [-0.05, 0) is 17.5 Å². The molecule has 0 saturated carbocycles. The van der Waals surface area contributed by atoms with Crippen LogP contribution in [0.1, 0.15) is 30.6 Å². The lowest BCUT2D eigenvalue weighted by molar-refractivity contribution is 0.173. The van der Waals surface area contributed by atoms with Crippen LogP contribution in [0.15, 0.2) is 24.3 Å². The number of aliphatic hydroxyl groups excluding tert-OH is 1. The molecule has 0 spiro atoms. The van der Waals surface area contributed by atoms with Gasteiger partial charge in [-0.2, -0.15) is 0 Å². The zero-order valence-electron chi connectivity index (χ0n) is 8.16. The van der Waals surface area contributed by atoms with Gasteiger partial charge in [0.2, 0.25) is 0 Å². The standard InChI is InChI=1S/C11H16O2/c1-3-11(12)10-6-4-9(5-7-10)8-13-2/h4-7,11-12H,3,8H2,1-2H3/t11-/m1/s1. The molecule has 1 aromatic carbocycles. The van der Waals surface area contributed by atoms with Crippen LogP contribution in [-0.2, 0) is 11.3 Å². The summed E-state index contributed by atoms with van der Waals surface area (Å²) >= 11 is 0. The van der Waals surface area contributed by atoms with Gasteiger partial charge in [-0.3, -0.25) is 0 Å². The summed E-state index contributed by atoms with van der Waals surface area (Å²) in [6, 6.07) is 7.86. The smallest absolute Gasteiger partial charge is 0.0787 e. The van der Waals surface area contributed by atoms with Gasteiger partial charge in [-0.1, -0.05) is 31.2 Å². The van der Waals surface area contributed by atoms with Crippen LogP contribution >= 0.6 is 0 Å². The van der Waals surface area contributed by atoms with Gasteiger partial charge in [0, 0.05) is 7.11 Å². The van der Waals surface area contributed by atoms with Crippen molar-refractivity contribution in [3.8, 4) is 0 Å². The Morgan fingerprint density at radius 1 is 1.31 bits per heavy atom. The molecule has 0 saturated heterocycles. The molecule has 72 valence electrons. The summed E-state index contributed by atoms with van der Waals surface area (Å²) in [4.78, 5) is 0. The number of rotatable bonds is 4. The Balaban J connectivity index is 2.69. The van der Waals surface area contributed by atoms with Crippen LogP contribution in [0.3, 0.4) is 0 Å². The molecule has 2 heteroatoms. The number of ether oxygens (including phenoxy) is 1. The van der Waals surface area contributed by atoms with E-state index in [9.17, 15) is 5.11 Å². The molecular weight excluding hydrogens is 164 g/mol. The lowest BCUT2D eigenvalue weighted by atomic mass is 10.1. The SMILES string of the molecule is CC[C@@H](O)c1ccc(COC)cc1. The Hall–Kier alpha value is -0.860. The molecule has 0 unspecified atom stereocenters. The third kappa shape index (κ3) is 2.83. The van der Waals surface area contributed by atoms with Gasteiger partial charge < -0.3 is 9.84 Å². The van der Waals surface area contributed by atoms with Gasteiger partial charge in [0.05, 0.1) is 12.7 Å². The van der Waals surface area contributed by atoms with Gasteiger partial charge in [0.25, 0.3) is 0 Å². The molecule has 0 heterocycles. The highest BCUT2D eigenvalue weighted by molar-refractivity contribution is 5.23. The van der Waals surface area contributed by atoms with Gasteiger partial charge >= 0.3 is 0 Å². The Kier molecular flexibility index (Phi) is 3.93. The quantitative estimate of drug-likeness (QED) is 0.770. The maximum Gasteiger partial charge on any atom is 0.0787 e. The topological polar surface area (TPSA) is 29.5 Å². The van der Waals surface area contributed by atoms with Crippen molar-refractivity contribution in [1.29, 1.82) is 0 Å². The predicted molar refractivity (Wildman–Crippen MR) is 52.4 cm³/mol. The average molecular weight is 180 g/mol. The van der Waals surface area contributed by atoms with Crippen LogP contribution in [0.2, 0.25) is 0 Å². The molecule has 2 nitrogen and oxygen atoms in total. The maximum absolute atomic E-state index is 9.52. The van der Waals surface area contributed by atoms with Gasteiger partial charge in [0.1, 0.15) is 0 Å². The van der Waals surface area contributed by atoms with E-state index in [1.165, 1.54) is 0 Å². The molecule has 1 N–H and O–H groups in total. The fourth-order valence-corrected chi connectivity index (χ4v) is 1.24. The molecule has 1 rings (SSSR count). The van der Waals surface area contributed by atoms with E-state index in [4.69, 9.17) is 4.74 Å². The number of hydrogen-bond acceptors (Lipinski definition) is 2. The van der Waals surface area contributed by atoms with Gasteiger partial charge in [0.15, 0.2) is 0 Å². The molecule has 0 bridgehead atoms. The van der Waals surface area contributed by atoms with E-state index >= 15 is 0 Å². The highest BCUT2D eigenvalue weighted by Gasteiger charge is 2.03. The third-order valence-electron chi connectivity index (χ3n) is 2.06. The van der Waals surface area contributed by atoms with E-state index in [-0.39, 0.29) is 6.10 Å². The van der Waals surface area contributed by atoms with Crippen LogP contribution in [0.4, 0.5) is 0 Å². The Morgan fingerprint density at radius 3 is 2.38 bits per heavy atom. The van der Waals surface area contributed by atoms with Crippen molar-refractivity contribution in [2.24, 2.45) is 0 Å². The first-order valence-electron chi connectivity index (χ1n) is 4.53. The molecule has 0 aromatic heterocycles. The molecule has 0 amide bonds. The fourth-order valence-electron chi connectivity index (χ4n) is 1.24. The molecule has 0 aliphatic carbocycles. The van der Waals surface area contributed by atoms with E-state index < -0.39 is 0 Å². The first kappa shape index (κ1) is 10.2. The normalized spacial score (nSPS) is 12.8. The van der Waals surface area contributed by atoms with Crippen molar-refractivity contribution in [1.82, 2.24) is 0 Å². The zero-order chi connectivity index (χ0) is 9.68. The highest BCUT2D eigenvalue weighted by Crippen LogP contribution is 2.16. The van der Waals surface area contributed by atoms with Crippen molar-refractivity contribution in [2.45, 2.75) is 26.1 Å². The maximum atomic E-state index is 9.52. The summed E-state index contributed by atoms with van der Waals surface area (Å²) in [5.74, 6) is 0. The van der Waals surface area contributed by atoms with Crippen molar-refractivity contribution in [3.05, 3.63) is 35.4 Å². The van der Waals surface area contributed by atoms with E-state index in [1.807, 2.05) is 31.2 Å². The molecule has 13 heavy (non-hydrogen) atoms. The molecule has 0 aliphatic rings. The minimum atomic E-state index is -0.336. The highest BCUT2D eigenvalue weighted by atomic mass is 16.5. The Morgan fingerprint density at radius 2 is 1.92 bits per heavy atom. The second-order valence-corrected chi connectivity index (χ2v) is 3.10. The second kappa shape index (κ2) is 5.00. The molecular formula is C11H16O2. The van der Waals surface area contributed by atoms with Crippen LogP contribution in [0.25, 0.3) is 0 Å². The molecule has 0 fully saturated rings. The minimum Gasteiger partial charge on any atom is -0.388 e. The van der Waals surface area contributed by atoms with Crippen molar-refractivity contribution in [2.75, 3.05) is 7.11 Å². The first-order chi connectivity index (χ1) is 6.27. The Labute approximate surface area is 79.2 Å². The lowest BCUT2D eigenvalue weighted by Crippen LogP contribution is -1.95. The van der Waals surface area contributed by atoms with Crippen LogP contribution in [0, 0.1) is 0 Å². The van der Waals surface area contributed by atoms with Gasteiger partial charge in [-0.15, -0.1) is 0 Å². The number of benzene rings is 1. The largest absolute Gasteiger partial charge is 0.388 e. The summed E-state index contributed by atoms with van der Waals surface area (Å²) in [6.45, 7) is 2.59. The minimum absolute atomic E-state index is 0.336. The number of hydrogen-bond donors (Lipinski definition) is 1. The summed E-state index contributed by atoms with van der Waals surface area (Å²) in [5, 5.41) is 9.52. The summed E-state index contributed by atoms with van der Waals surface area (Å²) in [7, 11) is 1.68.